The molecular weight excluding hydrogens is 349 g/mol. The van der Waals surface area contributed by atoms with Gasteiger partial charge in [0.2, 0.25) is 10.0 Å². The Labute approximate surface area is 144 Å². The first-order valence-electron chi connectivity index (χ1n) is 7.38. The van der Waals surface area contributed by atoms with Gasteiger partial charge in [0.05, 0.1) is 12.8 Å². The van der Waals surface area contributed by atoms with Crippen LogP contribution in [-0.2, 0) is 21.4 Å². The van der Waals surface area contributed by atoms with E-state index in [2.05, 4.69) is 15.4 Å². The number of halogens is 1. The summed E-state index contributed by atoms with van der Waals surface area (Å²) in [5, 5.41) is 5.31. The van der Waals surface area contributed by atoms with Crippen LogP contribution in [0.25, 0.3) is 0 Å². The van der Waals surface area contributed by atoms with Crippen molar-refractivity contribution in [3.8, 4) is 5.75 Å². The molecule has 7 nitrogen and oxygen atoms in total. The standard InChI is InChI=1S/C16H16FN3O4S/c1-24-12-5-2-10(3-6-12)9-18-16(21)15-19-13-8-11(17)4-7-14(13)25(22,23)20-15/h2-8,15,19-20H,9H2,1H3,(H,18,21)/t15-/m1/s1. The maximum absolute atomic E-state index is 13.3. The number of rotatable bonds is 4. The zero-order valence-corrected chi connectivity index (χ0v) is 14.1. The Morgan fingerprint density at radius 1 is 1.24 bits per heavy atom. The van der Waals surface area contributed by atoms with E-state index in [1.54, 1.807) is 31.4 Å². The van der Waals surface area contributed by atoms with Crippen molar-refractivity contribution in [1.29, 1.82) is 0 Å². The highest BCUT2D eigenvalue weighted by Gasteiger charge is 2.33. The molecule has 3 rings (SSSR count). The third kappa shape index (κ3) is 3.72. The molecule has 0 aromatic heterocycles. The van der Waals surface area contributed by atoms with Crippen molar-refractivity contribution in [2.75, 3.05) is 12.4 Å². The summed E-state index contributed by atoms with van der Waals surface area (Å²) in [6.07, 6.45) is -1.22. The van der Waals surface area contributed by atoms with Crippen LogP contribution in [0.3, 0.4) is 0 Å². The summed E-state index contributed by atoms with van der Waals surface area (Å²) in [4.78, 5) is 12.2. The molecule has 0 saturated carbocycles. The molecular formula is C16H16FN3O4S. The van der Waals surface area contributed by atoms with E-state index in [0.29, 0.717) is 5.75 Å². The van der Waals surface area contributed by atoms with Gasteiger partial charge in [-0.3, -0.25) is 4.79 Å². The number of ether oxygens (including phenoxy) is 1. The lowest BCUT2D eigenvalue weighted by atomic mass is 10.2. The number of fused-ring (bicyclic) bond motifs is 1. The first-order valence-corrected chi connectivity index (χ1v) is 8.86. The lowest BCUT2D eigenvalue weighted by Gasteiger charge is -2.27. The van der Waals surface area contributed by atoms with E-state index in [1.807, 2.05) is 0 Å². The third-order valence-corrected chi connectivity index (χ3v) is 5.17. The van der Waals surface area contributed by atoms with Crippen LogP contribution in [0, 0.1) is 5.82 Å². The van der Waals surface area contributed by atoms with E-state index in [-0.39, 0.29) is 17.1 Å². The number of carbonyl (C=O) groups is 1. The zero-order valence-electron chi connectivity index (χ0n) is 13.2. The molecule has 2 aromatic carbocycles. The second-order valence-corrected chi connectivity index (χ2v) is 7.09. The van der Waals surface area contributed by atoms with Gasteiger partial charge in [-0.25, -0.2) is 12.8 Å². The van der Waals surface area contributed by atoms with Crippen LogP contribution < -0.4 is 20.1 Å². The van der Waals surface area contributed by atoms with Crippen molar-refractivity contribution in [2.24, 2.45) is 0 Å². The molecule has 25 heavy (non-hydrogen) atoms. The van der Waals surface area contributed by atoms with E-state index in [1.165, 1.54) is 0 Å². The molecule has 0 saturated heterocycles. The fourth-order valence-corrected chi connectivity index (χ4v) is 3.66. The van der Waals surface area contributed by atoms with E-state index in [4.69, 9.17) is 4.74 Å². The minimum Gasteiger partial charge on any atom is -0.497 e. The molecule has 9 heteroatoms. The van der Waals surface area contributed by atoms with Gasteiger partial charge in [-0.1, -0.05) is 12.1 Å². The molecule has 132 valence electrons. The number of hydrogen-bond donors (Lipinski definition) is 3. The molecule has 1 atom stereocenters. The van der Waals surface area contributed by atoms with Crippen LogP contribution in [-0.4, -0.2) is 27.6 Å². The summed E-state index contributed by atoms with van der Waals surface area (Å²) in [7, 11) is -2.35. The highest BCUT2D eigenvalue weighted by molar-refractivity contribution is 7.89. The van der Waals surface area contributed by atoms with Crippen molar-refractivity contribution in [3.63, 3.8) is 0 Å². The summed E-state index contributed by atoms with van der Waals surface area (Å²) in [5.74, 6) is -0.481. The van der Waals surface area contributed by atoms with Crippen molar-refractivity contribution in [2.45, 2.75) is 17.6 Å². The van der Waals surface area contributed by atoms with Crippen LogP contribution in [0.5, 0.6) is 5.75 Å². The van der Waals surface area contributed by atoms with Gasteiger partial charge in [-0.15, -0.1) is 0 Å². The van der Waals surface area contributed by atoms with Gasteiger partial charge in [0.25, 0.3) is 5.91 Å². The summed E-state index contributed by atoms with van der Waals surface area (Å²) in [6, 6.07) is 10.3. The fourth-order valence-electron chi connectivity index (χ4n) is 2.41. The van der Waals surface area contributed by atoms with E-state index >= 15 is 0 Å². The second-order valence-electron chi connectivity index (χ2n) is 5.40. The number of methoxy groups -OCH3 is 1. The molecule has 0 bridgehead atoms. The number of carbonyl (C=O) groups excluding carboxylic acids is 1. The molecule has 1 heterocycles. The maximum atomic E-state index is 13.3. The van der Waals surface area contributed by atoms with Crippen LogP contribution in [0.2, 0.25) is 0 Å². The zero-order chi connectivity index (χ0) is 18.0. The van der Waals surface area contributed by atoms with Crippen LogP contribution >= 0.6 is 0 Å². The van der Waals surface area contributed by atoms with Crippen LogP contribution in [0.4, 0.5) is 10.1 Å². The smallest absolute Gasteiger partial charge is 0.258 e. The van der Waals surface area contributed by atoms with E-state index in [0.717, 1.165) is 23.8 Å². The molecule has 1 aliphatic rings. The monoisotopic (exact) mass is 365 g/mol. The van der Waals surface area contributed by atoms with Crippen molar-refractivity contribution < 1.29 is 22.3 Å². The van der Waals surface area contributed by atoms with Gasteiger partial charge in [0, 0.05) is 6.54 Å². The summed E-state index contributed by atoms with van der Waals surface area (Å²) < 4.78 is 45.0. The predicted octanol–water partition coefficient (Wildman–Crippen LogP) is 1.18. The lowest BCUT2D eigenvalue weighted by Crippen LogP contribution is -2.53. The largest absolute Gasteiger partial charge is 0.497 e. The van der Waals surface area contributed by atoms with E-state index < -0.39 is 27.9 Å². The van der Waals surface area contributed by atoms with Gasteiger partial charge in [-0.2, -0.15) is 4.72 Å². The van der Waals surface area contributed by atoms with Gasteiger partial charge < -0.3 is 15.4 Å². The normalized spacial score (nSPS) is 17.9. The average Bonchev–Trinajstić information content (AvgIpc) is 2.59. The number of benzene rings is 2. The van der Waals surface area contributed by atoms with Gasteiger partial charge in [0.1, 0.15) is 16.5 Å². The number of amides is 1. The summed E-state index contributed by atoms with van der Waals surface area (Å²) >= 11 is 0. The molecule has 0 radical (unpaired) electrons. The fraction of sp³-hybridized carbons (Fsp3) is 0.188. The Morgan fingerprint density at radius 2 is 1.96 bits per heavy atom. The molecule has 0 fully saturated rings. The van der Waals surface area contributed by atoms with Crippen LogP contribution in [0.1, 0.15) is 5.56 Å². The molecule has 0 spiro atoms. The average molecular weight is 365 g/mol. The summed E-state index contributed by atoms with van der Waals surface area (Å²) in [6.45, 7) is 0.207. The van der Waals surface area contributed by atoms with Crippen molar-refractivity contribution in [1.82, 2.24) is 10.0 Å². The van der Waals surface area contributed by atoms with Gasteiger partial charge in [0.15, 0.2) is 6.17 Å². The highest BCUT2D eigenvalue weighted by Crippen LogP contribution is 2.26. The van der Waals surface area contributed by atoms with Crippen molar-refractivity contribution >= 4 is 21.6 Å². The Bertz CT molecular complexity index is 900. The lowest BCUT2D eigenvalue weighted by molar-refractivity contribution is -0.122. The Balaban J connectivity index is 1.70. The van der Waals surface area contributed by atoms with Gasteiger partial charge >= 0.3 is 0 Å². The van der Waals surface area contributed by atoms with Crippen molar-refractivity contribution in [3.05, 3.63) is 53.8 Å². The highest BCUT2D eigenvalue weighted by atomic mass is 32.2. The minimum absolute atomic E-state index is 0.0448. The molecule has 0 aliphatic carbocycles. The first-order chi connectivity index (χ1) is 11.9. The topological polar surface area (TPSA) is 96.5 Å². The summed E-state index contributed by atoms with van der Waals surface area (Å²) in [5.41, 5.74) is 0.864. The maximum Gasteiger partial charge on any atom is 0.258 e. The Kier molecular flexibility index (Phi) is 4.60. The minimum atomic E-state index is -3.90. The van der Waals surface area contributed by atoms with Gasteiger partial charge in [-0.05, 0) is 35.9 Å². The molecule has 2 aromatic rings. The SMILES string of the molecule is COc1ccc(CNC(=O)[C@@H]2Nc3cc(F)ccc3S(=O)(=O)N2)cc1. The number of anilines is 1. The van der Waals surface area contributed by atoms with Crippen LogP contribution in [0.15, 0.2) is 47.4 Å². The number of nitrogens with one attached hydrogen (secondary N) is 3. The Hall–Kier alpha value is -2.65. The molecule has 0 unspecified atom stereocenters. The predicted molar refractivity (Wildman–Crippen MR) is 89.0 cm³/mol. The third-order valence-electron chi connectivity index (χ3n) is 3.69. The molecule has 1 amide bonds. The van der Waals surface area contributed by atoms with E-state index in [9.17, 15) is 17.6 Å². The number of sulfonamides is 1. The Morgan fingerprint density at radius 3 is 2.64 bits per heavy atom. The molecule has 3 N–H and O–H groups in total. The second kappa shape index (κ2) is 6.69. The quantitative estimate of drug-likeness (QED) is 0.756. The first kappa shape index (κ1) is 17.2. The number of hydrogen-bond acceptors (Lipinski definition) is 5. The molecule has 1 aliphatic heterocycles.